The quantitative estimate of drug-likeness (QED) is 0.606. The minimum Gasteiger partial charge on any atom is -0.367 e. The van der Waals surface area contributed by atoms with Gasteiger partial charge in [-0.3, -0.25) is 4.79 Å². The first-order valence-electron chi connectivity index (χ1n) is 9.33. The summed E-state index contributed by atoms with van der Waals surface area (Å²) in [6.45, 7) is 3.67. The third-order valence-corrected chi connectivity index (χ3v) is 7.44. The fraction of sp³-hybridized carbons (Fsp3) is 0.688. The van der Waals surface area contributed by atoms with Crippen LogP contribution in [0.1, 0.15) is 26.2 Å². The number of carbonyl (C=O) groups is 1. The first-order valence-corrected chi connectivity index (χ1v) is 11.3. The van der Waals surface area contributed by atoms with Gasteiger partial charge in [-0.2, -0.15) is 5.10 Å². The Bertz CT molecular complexity index is 868. The molecule has 1 aromatic heterocycles. The molecule has 0 aliphatic carbocycles. The molecule has 0 unspecified atom stereocenters. The Labute approximate surface area is 168 Å². The molecule has 2 amide bonds. The van der Waals surface area contributed by atoms with Gasteiger partial charge in [0.1, 0.15) is 5.02 Å². The molecule has 0 spiro atoms. The van der Waals surface area contributed by atoms with Gasteiger partial charge in [-0.15, -0.1) is 0 Å². The number of rotatable bonds is 5. The number of halogens is 1. The van der Waals surface area contributed by atoms with E-state index in [9.17, 15) is 18.0 Å². The summed E-state index contributed by atoms with van der Waals surface area (Å²) in [5.74, 6) is 0.0938. The van der Waals surface area contributed by atoms with E-state index in [0.29, 0.717) is 44.7 Å². The van der Waals surface area contributed by atoms with Gasteiger partial charge in [-0.05, 0) is 26.2 Å². The molecular weight excluding hydrogens is 408 g/mol. The summed E-state index contributed by atoms with van der Waals surface area (Å²) >= 11 is 6.04. The summed E-state index contributed by atoms with van der Waals surface area (Å²) < 4.78 is 25.3. The van der Waals surface area contributed by atoms with Gasteiger partial charge in [0.15, 0.2) is 0 Å². The van der Waals surface area contributed by atoms with E-state index in [2.05, 4.69) is 20.8 Å². The van der Waals surface area contributed by atoms with Crippen molar-refractivity contribution in [3.8, 4) is 0 Å². The van der Waals surface area contributed by atoms with Gasteiger partial charge in [0.05, 0.1) is 17.6 Å². The van der Waals surface area contributed by atoms with Gasteiger partial charge < -0.3 is 15.5 Å². The predicted molar refractivity (Wildman–Crippen MR) is 106 cm³/mol. The second-order valence-corrected chi connectivity index (χ2v) is 9.66. The first kappa shape index (κ1) is 20.9. The molecule has 0 bridgehead atoms. The number of piperidine rings is 1. The van der Waals surface area contributed by atoms with Crippen molar-refractivity contribution in [3.63, 3.8) is 0 Å². The number of anilines is 1. The lowest BCUT2D eigenvalue weighted by Crippen LogP contribution is -2.51. The summed E-state index contributed by atoms with van der Waals surface area (Å²) in [6.07, 6.45) is 3.42. The third kappa shape index (κ3) is 4.76. The van der Waals surface area contributed by atoms with Gasteiger partial charge in [-0.1, -0.05) is 11.6 Å². The Morgan fingerprint density at radius 2 is 1.89 bits per heavy atom. The van der Waals surface area contributed by atoms with Crippen molar-refractivity contribution in [2.75, 3.05) is 36.8 Å². The fourth-order valence-electron chi connectivity index (χ4n) is 3.56. The Morgan fingerprint density at radius 3 is 2.57 bits per heavy atom. The molecule has 12 heteroatoms. The molecule has 3 N–H and O–H groups in total. The molecule has 0 aromatic carbocycles. The second kappa shape index (κ2) is 8.66. The molecule has 3 heterocycles. The Kier molecular flexibility index (Phi) is 6.46. The largest absolute Gasteiger partial charge is 0.367 e. The summed E-state index contributed by atoms with van der Waals surface area (Å²) in [5, 5.41) is 12.0. The molecular formula is C16H25ClN6O4S. The normalized spacial score (nSPS) is 21.6. The van der Waals surface area contributed by atoms with Gasteiger partial charge in [0, 0.05) is 38.3 Å². The van der Waals surface area contributed by atoms with Crippen molar-refractivity contribution in [3.05, 3.63) is 21.6 Å². The van der Waals surface area contributed by atoms with Crippen molar-refractivity contribution in [2.45, 2.75) is 38.3 Å². The standard InChI is InChI=1S/C16H25ClN6O4S/c1-2-28(26,27)23-7-4-11(5-8-23)19-16(25)20-12-3-6-22(10-12)13-9-18-21-15(24)14(13)17/h9,11-12H,2-8,10H2,1H3,(H,21,24)(H2,19,20,25)/t12-/m1/s1. The maximum atomic E-state index is 12.3. The smallest absolute Gasteiger partial charge is 0.315 e. The minimum atomic E-state index is -3.17. The van der Waals surface area contributed by atoms with Crippen molar-refractivity contribution in [1.29, 1.82) is 0 Å². The van der Waals surface area contributed by atoms with Crippen LogP contribution in [0.3, 0.4) is 0 Å². The predicted octanol–water partition coefficient (Wildman–Crippen LogP) is 0.115. The van der Waals surface area contributed by atoms with Gasteiger partial charge in [0.25, 0.3) is 5.56 Å². The highest BCUT2D eigenvalue weighted by Gasteiger charge is 2.29. The van der Waals surface area contributed by atoms with Crippen LogP contribution in [-0.2, 0) is 10.0 Å². The highest BCUT2D eigenvalue weighted by Crippen LogP contribution is 2.24. The van der Waals surface area contributed by atoms with Gasteiger partial charge in [0.2, 0.25) is 10.0 Å². The lowest BCUT2D eigenvalue weighted by molar-refractivity contribution is 0.225. The molecule has 2 fully saturated rings. The lowest BCUT2D eigenvalue weighted by atomic mass is 10.1. The molecule has 2 saturated heterocycles. The summed E-state index contributed by atoms with van der Waals surface area (Å²) in [6, 6.07) is -0.387. The molecule has 0 saturated carbocycles. The van der Waals surface area contributed by atoms with Crippen molar-refractivity contribution in [2.24, 2.45) is 0 Å². The van der Waals surface area contributed by atoms with E-state index in [4.69, 9.17) is 11.6 Å². The summed E-state index contributed by atoms with van der Waals surface area (Å²) in [4.78, 5) is 25.8. The van der Waals surface area contributed by atoms with Crippen LogP contribution in [0.15, 0.2) is 11.0 Å². The number of sulfonamides is 1. The zero-order valence-corrected chi connectivity index (χ0v) is 17.2. The molecule has 0 radical (unpaired) electrons. The summed E-state index contributed by atoms with van der Waals surface area (Å²) in [7, 11) is -3.17. The Balaban J connectivity index is 1.46. The molecule has 156 valence electrons. The van der Waals surface area contributed by atoms with E-state index in [0.717, 1.165) is 6.42 Å². The van der Waals surface area contributed by atoms with E-state index < -0.39 is 15.6 Å². The van der Waals surface area contributed by atoms with Crippen LogP contribution in [-0.4, -0.2) is 73.0 Å². The van der Waals surface area contributed by atoms with Crippen LogP contribution in [0.4, 0.5) is 10.5 Å². The number of urea groups is 1. The van der Waals surface area contributed by atoms with Crippen LogP contribution >= 0.6 is 11.6 Å². The van der Waals surface area contributed by atoms with Crippen molar-refractivity contribution >= 4 is 33.3 Å². The second-order valence-electron chi connectivity index (χ2n) is 7.02. The molecule has 1 atom stereocenters. The first-order chi connectivity index (χ1) is 13.3. The molecule has 2 aliphatic heterocycles. The van der Waals surface area contributed by atoms with Crippen LogP contribution in [0.2, 0.25) is 5.02 Å². The fourth-order valence-corrected chi connectivity index (χ4v) is 4.91. The van der Waals surface area contributed by atoms with Crippen molar-refractivity contribution in [1.82, 2.24) is 25.1 Å². The minimum absolute atomic E-state index is 0.0489. The number of nitrogens with zero attached hydrogens (tertiary/aromatic N) is 3. The number of hydrogen-bond acceptors (Lipinski definition) is 6. The topological polar surface area (TPSA) is 128 Å². The zero-order chi connectivity index (χ0) is 20.3. The van der Waals surface area contributed by atoms with E-state index in [1.165, 1.54) is 10.5 Å². The highest BCUT2D eigenvalue weighted by atomic mass is 35.5. The van der Waals surface area contributed by atoms with Crippen LogP contribution in [0.25, 0.3) is 0 Å². The molecule has 10 nitrogen and oxygen atoms in total. The monoisotopic (exact) mass is 432 g/mol. The van der Waals surface area contributed by atoms with Gasteiger partial charge >= 0.3 is 6.03 Å². The molecule has 2 aliphatic rings. The third-order valence-electron chi connectivity index (χ3n) is 5.19. The number of H-pyrrole nitrogens is 1. The van der Waals surface area contributed by atoms with Crippen LogP contribution < -0.4 is 21.1 Å². The van der Waals surface area contributed by atoms with Crippen LogP contribution in [0.5, 0.6) is 0 Å². The lowest BCUT2D eigenvalue weighted by Gasteiger charge is -2.31. The molecule has 28 heavy (non-hydrogen) atoms. The highest BCUT2D eigenvalue weighted by molar-refractivity contribution is 7.89. The summed E-state index contributed by atoms with van der Waals surface area (Å²) in [5.41, 5.74) is 0.115. The van der Waals surface area contributed by atoms with Crippen molar-refractivity contribution < 1.29 is 13.2 Å². The molecule has 1 aromatic rings. The Hall–Kier alpha value is -1.85. The number of aromatic nitrogens is 2. The van der Waals surface area contributed by atoms with E-state index >= 15 is 0 Å². The van der Waals surface area contributed by atoms with E-state index in [1.54, 1.807) is 6.92 Å². The zero-order valence-electron chi connectivity index (χ0n) is 15.6. The maximum Gasteiger partial charge on any atom is 0.315 e. The van der Waals surface area contributed by atoms with E-state index in [-0.39, 0.29) is 28.9 Å². The van der Waals surface area contributed by atoms with E-state index in [1.807, 2.05) is 4.90 Å². The number of aromatic amines is 1. The maximum absolute atomic E-state index is 12.3. The number of amides is 2. The Morgan fingerprint density at radius 1 is 1.25 bits per heavy atom. The number of nitrogens with one attached hydrogen (secondary N) is 3. The average Bonchev–Trinajstić information content (AvgIpc) is 3.12. The number of hydrogen-bond donors (Lipinski definition) is 3. The SMILES string of the molecule is CCS(=O)(=O)N1CCC(NC(=O)N[C@@H]2CCN(c3cn[nH]c(=O)c3Cl)C2)CC1. The molecule has 3 rings (SSSR count). The van der Waals surface area contributed by atoms with Gasteiger partial charge in [-0.25, -0.2) is 22.6 Å². The van der Waals surface area contributed by atoms with Crippen LogP contribution in [0, 0.1) is 0 Å². The average molecular weight is 433 g/mol. The number of carbonyl (C=O) groups excluding carboxylic acids is 1.